The predicted octanol–water partition coefficient (Wildman–Crippen LogP) is 2.87. The van der Waals surface area contributed by atoms with Gasteiger partial charge in [-0.15, -0.1) is 0 Å². The number of aliphatic hydroxyl groups excluding tert-OH is 1. The normalized spacial score (nSPS) is 19.8. The van der Waals surface area contributed by atoms with E-state index >= 15 is 0 Å². The Balaban J connectivity index is 1.82. The standard InChI is InChI=1S/C19H24N2O2/c1-13-7-8-17(20-2)14(9-13)10-21-19-15(11-22)12-23-18-6-4-3-5-16(18)19/h3-9,15,19-22H,10-12H2,1-2H3/t15-,19-/m0/s1. The highest BCUT2D eigenvalue weighted by atomic mass is 16.5. The molecule has 0 saturated heterocycles. The van der Waals surface area contributed by atoms with Crippen molar-refractivity contribution in [1.82, 2.24) is 5.32 Å². The van der Waals surface area contributed by atoms with E-state index in [1.807, 2.05) is 25.2 Å². The van der Waals surface area contributed by atoms with Crippen LogP contribution in [0.1, 0.15) is 22.7 Å². The summed E-state index contributed by atoms with van der Waals surface area (Å²) in [4.78, 5) is 0. The first-order valence-corrected chi connectivity index (χ1v) is 8.06. The van der Waals surface area contributed by atoms with Crippen molar-refractivity contribution >= 4 is 5.69 Å². The van der Waals surface area contributed by atoms with Gasteiger partial charge in [-0.25, -0.2) is 0 Å². The van der Waals surface area contributed by atoms with Crippen molar-refractivity contribution in [2.24, 2.45) is 5.92 Å². The SMILES string of the molecule is CNc1ccc(C)cc1CN[C@@H]1c2ccccc2OC[C@@H]1CO. The van der Waals surface area contributed by atoms with Crippen molar-refractivity contribution < 1.29 is 9.84 Å². The highest BCUT2D eigenvalue weighted by Crippen LogP contribution is 2.35. The van der Waals surface area contributed by atoms with Crippen molar-refractivity contribution in [2.75, 3.05) is 25.6 Å². The first-order chi connectivity index (χ1) is 11.2. The quantitative estimate of drug-likeness (QED) is 0.795. The average Bonchev–Trinajstić information content (AvgIpc) is 2.59. The minimum Gasteiger partial charge on any atom is -0.493 e. The fourth-order valence-corrected chi connectivity index (χ4v) is 3.18. The lowest BCUT2D eigenvalue weighted by atomic mass is 9.91. The molecule has 0 aliphatic carbocycles. The van der Waals surface area contributed by atoms with Gasteiger partial charge in [0.1, 0.15) is 5.75 Å². The predicted molar refractivity (Wildman–Crippen MR) is 92.8 cm³/mol. The summed E-state index contributed by atoms with van der Waals surface area (Å²) in [5.41, 5.74) is 4.72. The van der Waals surface area contributed by atoms with Crippen molar-refractivity contribution in [1.29, 1.82) is 0 Å². The fourth-order valence-electron chi connectivity index (χ4n) is 3.18. The van der Waals surface area contributed by atoms with E-state index in [-0.39, 0.29) is 18.6 Å². The van der Waals surface area contributed by atoms with E-state index in [1.54, 1.807) is 0 Å². The van der Waals surface area contributed by atoms with Crippen LogP contribution in [-0.2, 0) is 6.54 Å². The Morgan fingerprint density at radius 2 is 2.04 bits per heavy atom. The Bertz CT molecular complexity index is 672. The summed E-state index contributed by atoms with van der Waals surface area (Å²) < 4.78 is 5.76. The van der Waals surface area contributed by atoms with E-state index in [9.17, 15) is 5.11 Å². The number of aryl methyl sites for hydroxylation is 1. The summed E-state index contributed by atoms with van der Waals surface area (Å²) >= 11 is 0. The number of benzene rings is 2. The molecule has 0 spiro atoms. The molecule has 0 saturated carbocycles. The number of hydrogen-bond donors (Lipinski definition) is 3. The van der Waals surface area contributed by atoms with Crippen LogP contribution in [0.5, 0.6) is 5.75 Å². The second-order valence-electron chi connectivity index (χ2n) is 6.06. The van der Waals surface area contributed by atoms with E-state index in [4.69, 9.17) is 4.74 Å². The molecule has 2 aromatic carbocycles. The van der Waals surface area contributed by atoms with Crippen molar-refractivity contribution in [3.8, 4) is 5.75 Å². The van der Waals surface area contributed by atoms with Crippen LogP contribution in [0.4, 0.5) is 5.69 Å². The van der Waals surface area contributed by atoms with Crippen molar-refractivity contribution in [2.45, 2.75) is 19.5 Å². The summed E-state index contributed by atoms with van der Waals surface area (Å²) in [5, 5.41) is 16.6. The Morgan fingerprint density at radius 3 is 2.83 bits per heavy atom. The van der Waals surface area contributed by atoms with E-state index < -0.39 is 0 Å². The van der Waals surface area contributed by atoms with Crippen LogP contribution in [0.15, 0.2) is 42.5 Å². The number of rotatable bonds is 5. The topological polar surface area (TPSA) is 53.5 Å². The average molecular weight is 312 g/mol. The van der Waals surface area contributed by atoms with Gasteiger partial charge in [0.25, 0.3) is 0 Å². The summed E-state index contributed by atoms with van der Waals surface area (Å²) in [6, 6.07) is 14.6. The lowest BCUT2D eigenvalue weighted by Gasteiger charge is -2.33. The highest BCUT2D eigenvalue weighted by molar-refractivity contribution is 5.52. The molecule has 1 aliphatic rings. The zero-order valence-corrected chi connectivity index (χ0v) is 13.7. The summed E-state index contributed by atoms with van der Waals surface area (Å²) in [5.74, 6) is 0.973. The highest BCUT2D eigenvalue weighted by Gasteiger charge is 2.30. The van der Waals surface area contributed by atoms with E-state index in [0.29, 0.717) is 6.61 Å². The zero-order chi connectivity index (χ0) is 16.2. The van der Waals surface area contributed by atoms with Gasteiger partial charge in [0, 0.05) is 36.8 Å². The van der Waals surface area contributed by atoms with Gasteiger partial charge < -0.3 is 20.5 Å². The molecular weight excluding hydrogens is 288 g/mol. The van der Waals surface area contributed by atoms with Gasteiger partial charge in [-0.2, -0.15) is 0 Å². The molecule has 0 radical (unpaired) electrons. The van der Waals surface area contributed by atoms with E-state index in [2.05, 4.69) is 41.8 Å². The molecule has 23 heavy (non-hydrogen) atoms. The maximum absolute atomic E-state index is 9.70. The number of ether oxygens (including phenoxy) is 1. The van der Waals surface area contributed by atoms with Crippen LogP contribution in [0.3, 0.4) is 0 Å². The first-order valence-electron chi connectivity index (χ1n) is 8.06. The van der Waals surface area contributed by atoms with Crippen molar-refractivity contribution in [3.63, 3.8) is 0 Å². The first kappa shape index (κ1) is 15.8. The van der Waals surface area contributed by atoms with Crippen LogP contribution in [0, 0.1) is 12.8 Å². The smallest absolute Gasteiger partial charge is 0.124 e. The Labute approximate surface area is 137 Å². The van der Waals surface area contributed by atoms with Crippen molar-refractivity contribution in [3.05, 3.63) is 59.2 Å². The summed E-state index contributed by atoms with van der Waals surface area (Å²) in [6.07, 6.45) is 0. The monoisotopic (exact) mass is 312 g/mol. The van der Waals surface area contributed by atoms with Crippen LogP contribution >= 0.6 is 0 Å². The molecule has 0 fully saturated rings. The molecule has 3 rings (SSSR count). The molecule has 0 amide bonds. The lowest BCUT2D eigenvalue weighted by molar-refractivity contribution is 0.110. The van der Waals surface area contributed by atoms with Gasteiger partial charge >= 0.3 is 0 Å². The second kappa shape index (κ2) is 7.02. The van der Waals surface area contributed by atoms with E-state index in [1.165, 1.54) is 11.1 Å². The molecule has 3 N–H and O–H groups in total. The molecule has 2 atom stereocenters. The number of hydrogen-bond acceptors (Lipinski definition) is 4. The minimum absolute atomic E-state index is 0.0627. The molecule has 1 heterocycles. The Hall–Kier alpha value is -2.04. The largest absolute Gasteiger partial charge is 0.493 e. The van der Waals surface area contributed by atoms with Gasteiger partial charge in [0.15, 0.2) is 0 Å². The zero-order valence-electron chi connectivity index (χ0n) is 13.7. The van der Waals surface area contributed by atoms with Gasteiger partial charge in [-0.05, 0) is 24.6 Å². The van der Waals surface area contributed by atoms with E-state index in [0.717, 1.165) is 23.5 Å². The summed E-state index contributed by atoms with van der Waals surface area (Å²) in [6.45, 7) is 3.49. The molecule has 4 heteroatoms. The van der Waals surface area contributed by atoms with Crippen LogP contribution in [0.25, 0.3) is 0 Å². The maximum atomic E-state index is 9.70. The Morgan fingerprint density at radius 1 is 1.22 bits per heavy atom. The number of aliphatic hydroxyl groups is 1. The van der Waals surface area contributed by atoms with Gasteiger partial charge in [0.2, 0.25) is 0 Å². The fraction of sp³-hybridized carbons (Fsp3) is 0.368. The summed E-state index contributed by atoms with van der Waals surface area (Å²) in [7, 11) is 1.94. The van der Waals surface area contributed by atoms with Crippen LogP contribution in [0.2, 0.25) is 0 Å². The molecule has 1 aliphatic heterocycles. The van der Waals surface area contributed by atoms with Gasteiger partial charge in [-0.1, -0.05) is 35.9 Å². The van der Waals surface area contributed by atoms with Gasteiger partial charge in [-0.3, -0.25) is 0 Å². The number of para-hydroxylation sites is 1. The lowest BCUT2D eigenvalue weighted by Crippen LogP contribution is -2.37. The number of nitrogens with one attached hydrogen (secondary N) is 2. The molecule has 2 aromatic rings. The van der Waals surface area contributed by atoms with Crippen LogP contribution in [-0.4, -0.2) is 25.4 Å². The maximum Gasteiger partial charge on any atom is 0.124 e. The van der Waals surface area contributed by atoms with Gasteiger partial charge in [0.05, 0.1) is 13.2 Å². The second-order valence-corrected chi connectivity index (χ2v) is 6.06. The minimum atomic E-state index is 0.0627. The third kappa shape index (κ3) is 3.33. The number of anilines is 1. The molecule has 0 aromatic heterocycles. The third-order valence-electron chi connectivity index (χ3n) is 4.46. The molecule has 4 nitrogen and oxygen atoms in total. The Kier molecular flexibility index (Phi) is 4.84. The third-order valence-corrected chi connectivity index (χ3v) is 4.46. The molecule has 0 bridgehead atoms. The van der Waals surface area contributed by atoms with Crippen LogP contribution < -0.4 is 15.4 Å². The molecular formula is C19H24N2O2. The molecule has 0 unspecified atom stereocenters. The molecule has 122 valence electrons. The number of fused-ring (bicyclic) bond motifs is 1.